The van der Waals surface area contributed by atoms with E-state index in [1.807, 2.05) is 0 Å². The van der Waals surface area contributed by atoms with Gasteiger partial charge in [0.25, 0.3) is 0 Å². The molecule has 0 aromatic carbocycles. The van der Waals surface area contributed by atoms with Gasteiger partial charge in [0.1, 0.15) is 0 Å². The van der Waals surface area contributed by atoms with Gasteiger partial charge < -0.3 is 14.2 Å². The molecule has 0 spiro atoms. The van der Waals surface area contributed by atoms with E-state index < -0.39 is 0 Å². The van der Waals surface area contributed by atoms with Crippen molar-refractivity contribution in [3.63, 3.8) is 0 Å². The molecule has 0 aromatic heterocycles. The molecule has 0 saturated heterocycles. The van der Waals surface area contributed by atoms with Crippen LogP contribution in [-0.4, -0.2) is 38.9 Å². The van der Waals surface area contributed by atoms with Crippen LogP contribution in [0.5, 0.6) is 0 Å². The smallest absolute Gasteiger partial charge is 0.308 e. The lowest BCUT2D eigenvalue weighted by Crippen LogP contribution is -2.31. The molecule has 0 atom stereocenters. The fourth-order valence-corrected chi connectivity index (χ4v) is 3.44. The van der Waals surface area contributed by atoms with E-state index in [1.54, 1.807) is 6.92 Å². The maximum atomic E-state index is 12.7. The van der Waals surface area contributed by atoms with Crippen molar-refractivity contribution < 1.29 is 28.6 Å². The van der Waals surface area contributed by atoms with Gasteiger partial charge in [-0.25, -0.2) is 0 Å². The van der Waals surface area contributed by atoms with Crippen LogP contribution >= 0.6 is 0 Å². The molecule has 0 heterocycles. The largest absolute Gasteiger partial charge is 0.489 e. The molecule has 1 fully saturated rings. The Kier molecular flexibility index (Phi) is 5.23. The van der Waals surface area contributed by atoms with E-state index in [0.717, 1.165) is 0 Å². The second-order valence-corrected chi connectivity index (χ2v) is 5.84. The lowest BCUT2D eigenvalue weighted by molar-refractivity contribution is -0.146. The maximum Gasteiger partial charge on any atom is 0.308 e. The Hall–Kier alpha value is -2.11. The minimum Gasteiger partial charge on any atom is -0.489 e. The standard InChI is InChI=1S/C17H22O6/c1-9-12(10-5-7-11(8-6-10)17(20)23-4)14(19)16(22-3)15(21-2)13(9)18/h10-11H,5-8H2,1-4H3. The van der Waals surface area contributed by atoms with Gasteiger partial charge >= 0.3 is 5.97 Å². The van der Waals surface area contributed by atoms with Crippen LogP contribution in [0, 0.1) is 11.8 Å². The Balaban J connectivity index is 2.24. The molecule has 2 aliphatic carbocycles. The molecule has 0 aliphatic heterocycles. The molecule has 0 aromatic rings. The van der Waals surface area contributed by atoms with Crippen molar-refractivity contribution in [2.24, 2.45) is 11.8 Å². The Morgan fingerprint density at radius 3 is 1.91 bits per heavy atom. The summed E-state index contributed by atoms with van der Waals surface area (Å²) in [5.74, 6) is -1.05. The summed E-state index contributed by atoms with van der Waals surface area (Å²) in [6.07, 6.45) is 2.65. The molecular formula is C17H22O6. The monoisotopic (exact) mass is 322 g/mol. The molecule has 6 heteroatoms. The van der Waals surface area contributed by atoms with E-state index in [9.17, 15) is 14.4 Å². The normalized spacial score (nSPS) is 25.6. The van der Waals surface area contributed by atoms with E-state index >= 15 is 0 Å². The second-order valence-electron chi connectivity index (χ2n) is 5.84. The maximum absolute atomic E-state index is 12.7. The highest BCUT2D eigenvalue weighted by molar-refractivity contribution is 6.23. The zero-order valence-corrected chi connectivity index (χ0v) is 13.9. The number of ketones is 2. The Morgan fingerprint density at radius 2 is 1.43 bits per heavy atom. The van der Waals surface area contributed by atoms with Crippen molar-refractivity contribution in [1.82, 2.24) is 0 Å². The average Bonchev–Trinajstić information content (AvgIpc) is 2.57. The first kappa shape index (κ1) is 17.2. The van der Waals surface area contributed by atoms with Crippen molar-refractivity contribution >= 4 is 17.5 Å². The highest BCUT2D eigenvalue weighted by Crippen LogP contribution is 2.39. The molecule has 2 rings (SSSR count). The Labute approximate surface area is 135 Å². The summed E-state index contributed by atoms with van der Waals surface area (Å²) in [5.41, 5.74) is 0.908. The number of hydrogen-bond donors (Lipinski definition) is 0. The van der Waals surface area contributed by atoms with E-state index in [-0.39, 0.29) is 40.9 Å². The van der Waals surface area contributed by atoms with Gasteiger partial charge in [0, 0.05) is 11.1 Å². The molecule has 2 aliphatic rings. The van der Waals surface area contributed by atoms with Crippen LogP contribution in [0.2, 0.25) is 0 Å². The summed E-state index contributed by atoms with van der Waals surface area (Å²) >= 11 is 0. The van der Waals surface area contributed by atoms with Crippen molar-refractivity contribution in [2.75, 3.05) is 21.3 Å². The van der Waals surface area contributed by atoms with Crippen LogP contribution in [0.15, 0.2) is 22.7 Å². The summed E-state index contributed by atoms with van der Waals surface area (Å²) < 4.78 is 14.9. The first-order valence-corrected chi connectivity index (χ1v) is 7.66. The van der Waals surface area contributed by atoms with Crippen LogP contribution in [-0.2, 0) is 28.6 Å². The van der Waals surface area contributed by atoms with Gasteiger partial charge in [-0.3, -0.25) is 14.4 Å². The number of methoxy groups -OCH3 is 3. The summed E-state index contributed by atoms with van der Waals surface area (Å²) in [5, 5.41) is 0. The number of carbonyl (C=O) groups excluding carboxylic acids is 3. The van der Waals surface area contributed by atoms with Crippen molar-refractivity contribution in [2.45, 2.75) is 32.6 Å². The van der Waals surface area contributed by atoms with E-state index in [4.69, 9.17) is 14.2 Å². The van der Waals surface area contributed by atoms with Crippen LogP contribution in [0.25, 0.3) is 0 Å². The average molecular weight is 322 g/mol. The lowest BCUT2D eigenvalue weighted by atomic mass is 9.74. The van der Waals surface area contributed by atoms with Gasteiger partial charge in [-0.1, -0.05) is 0 Å². The summed E-state index contributed by atoms with van der Waals surface area (Å²) in [6.45, 7) is 1.65. The quantitative estimate of drug-likeness (QED) is 0.581. The number of hydrogen-bond acceptors (Lipinski definition) is 6. The zero-order chi connectivity index (χ0) is 17.1. The number of allylic oxidation sites excluding steroid dienone is 2. The van der Waals surface area contributed by atoms with Gasteiger partial charge in [-0.05, 0) is 38.5 Å². The molecule has 23 heavy (non-hydrogen) atoms. The molecule has 1 saturated carbocycles. The fraction of sp³-hybridized carbons (Fsp3) is 0.588. The molecular weight excluding hydrogens is 300 g/mol. The van der Waals surface area contributed by atoms with Gasteiger partial charge in [-0.2, -0.15) is 0 Å². The third kappa shape index (κ3) is 3.02. The van der Waals surface area contributed by atoms with Crippen LogP contribution in [0.1, 0.15) is 32.6 Å². The highest BCUT2D eigenvalue weighted by Gasteiger charge is 2.39. The molecule has 0 bridgehead atoms. The predicted octanol–water partition coefficient (Wildman–Crippen LogP) is 1.94. The predicted molar refractivity (Wildman–Crippen MR) is 81.2 cm³/mol. The molecule has 0 N–H and O–H groups in total. The number of carbonyl (C=O) groups is 3. The van der Waals surface area contributed by atoms with E-state index in [2.05, 4.69) is 0 Å². The summed E-state index contributed by atoms with van der Waals surface area (Å²) in [7, 11) is 4.08. The van der Waals surface area contributed by atoms with Crippen molar-refractivity contribution in [3.8, 4) is 0 Å². The Bertz CT molecular complexity index is 590. The highest BCUT2D eigenvalue weighted by atomic mass is 16.5. The first-order chi connectivity index (χ1) is 11.0. The first-order valence-electron chi connectivity index (χ1n) is 7.66. The SMILES string of the molecule is COC(=O)C1CCC(C2=C(C)C(=O)C(OC)=C(OC)C2=O)CC1. The van der Waals surface area contributed by atoms with Crippen LogP contribution in [0.3, 0.4) is 0 Å². The van der Waals surface area contributed by atoms with Crippen molar-refractivity contribution in [1.29, 1.82) is 0 Å². The third-order valence-electron chi connectivity index (χ3n) is 4.69. The molecule has 0 radical (unpaired) electrons. The fourth-order valence-electron chi connectivity index (χ4n) is 3.44. The lowest BCUT2D eigenvalue weighted by Gasteiger charge is -2.31. The van der Waals surface area contributed by atoms with E-state index in [0.29, 0.717) is 36.8 Å². The summed E-state index contributed by atoms with van der Waals surface area (Å²) in [4.78, 5) is 36.7. The number of rotatable bonds is 4. The number of ether oxygens (including phenoxy) is 3. The molecule has 0 amide bonds. The molecule has 126 valence electrons. The van der Waals surface area contributed by atoms with Crippen LogP contribution < -0.4 is 0 Å². The van der Waals surface area contributed by atoms with Crippen molar-refractivity contribution in [3.05, 3.63) is 22.7 Å². The minimum absolute atomic E-state index is 0.0341. The summed E-state index contributed by atoms with van der Waals surface area (Å²) in [6, 6.07) is 0. The van der Waals surface area contributed by atoms with Crippen LogP contribution in [0.4, 0.5) is 0 Å². The van der Waals surface area contributed by atoms with Gasteiger partial charge in [0.15, 0.2) is 0 Å². The Morgan fingerprint density at radius 1 is 0.913 bits per heavy atom. The van der Waals surface area contributed by atoms with E-state index in [1.165, 1.54) is 21.3 Å². The third-order valence-corrected chi connectivity index (χ3v) is 4.69. The van der Waals surface area contributed by atoms with Gasteiger partial charge in [0.05, 0.1) is 27.2 Å². The molecule has 0 unspecified atom stereocenters. The van der Waals surface area contributed by atoms with Gasteiger partial charge in [-0.15, -0.1) is 0 Å². The second kappa shape index (κ2) is 6.98. The molecule has 6 nitrogen and oxygen atoms in total. The topological polar surface area (TPSA) is 78.9 Å². The van der Waals surface area contributed by atoms with Gasteiger partial charge in [0.2, 0.25) is 23.1 Å². The minimum atomic E-state index is -0.311. The number of Topliss-reactive ketones (excluding diaryl/α,β-unsaturated/α-hetero) is 2. The zero-order valence-electron chi connectivity index (χ0n) is 13.9. The number of esters is 1.